The van der Waals surface area contributed by atoms with Gasteiger partial charge in [0.15, 0.2) is 5.03 Å². The van der Waals surface area contributed by atoms with Crippen LogP contribution in [-0.2, 0) is 28.4 Å². The molecule has 0 bridgehead atoms. The van der Waals surface area contributed by atoms with E-state index >= 15 is 0 Å². The Labute approximate surface area is 134 Å². The fourth-order valence-corrected chi connectivity index (χ4v) is 4.15. The molecule has 1 saturated heterocycles. The van der Waals surface area contributed by atoms with Crippen molar-refractivity contribution < 1.29 is 13.2 Å². The summed E-state index contributed by atoms with van der Waals surface area (Å²) in [5.74, 6) is 0.666. The van der Waals surface area contributed by atoms with Crippen LogP contribution in [0.25, 0.3) is 0 Å². The maximum Gasteiger partial charge on any atom is 0.262 e. The molecule has 10 heteroatoms. The zero-order valence-corrected chi connectivity index (χ0v) is 14.2. The maximum absolute atomic E-state index is 12.7. The third-order valence-electron chi connectivity index (χ3n) is 4.04. The number of ether oxygens (including phenoxy) is 1. The zero-order valence-electron chi connectivity index (χ0n) is 13.4. The largest absolute Gasteiger partial charge is 0.378 e. The van der Waals surface area contributed by atoms with E-state index in [9.17, 15) is 8.42 Å². The first-order valence-corrected chi connectivity index (χ1v) is 8.75. The molecule has 0 saturated carbocycles. The smallest absolute Gasteiger partial charge is 0.262 e. The van der Waals surface area contributed by atoms with Gasteiger partial charge in [0.05, 0.1) is 18.8 Å². The van der Waals surface area contributed by atoms with Gasteiger partial charge in [-0.1, -0.05) is 5.21 Å². The monoisotopic (exact) mass is 340 g/mol. The number of rotatable bonds is 5. The summed E-state index contributed by atoms with van der Waals surface area (Å²) in [5.41, 5.74) is 0.731. The van der Waals surface area contributed by atoms with Gasteiger partial charge in [0.1, 0.15) is 11.5 Å². The van der Waals surface area contributed by atoms with E-state index in [0.29, 0.717) is 31.9 Å². The summed E-state index contributed by atoms with van der Waals surface area (Å²) >= 11 is 0. The highest BCUT2D eigenvalue weighted by Crippen LogP contribution is 2.26. The van der Waals surface area contributed by atoms with Gasteiger partial charge in [0, 0.05) is 33.4 Å². The van der Waals surface area contributed by atoms with Crippen molar-refractivity contribution in [2.75, 3.05) is 20.2 Å². The first-order chi connectivity index (χ1) is 10.9. The van der Waals surface area contributed by atoms with Crippen LogP contribution >= 0.6 is 0 Å². The predicted octanol–water partition coefficient (Wildman–Crippen LogP) is 0.102. The van der Waals surface area contributed by atoms with Crippen LogP contribution in [0.2, 0.25) is 0 Å². The van der Waals surface area contributed by atoms with Crippen molar-refractivity contribution in [3.8, 4) is 0 Å². The van der Waals surface area contributed by atoms with E-state index < -0.39 is 10.0 Å². The molecular formula is C13H20N6O3S. The van der Waals surface area contributed by atoms with Crippen molar-refractivity contribution in [2.24, 2.45) is 7.05 Å². The van der Waals surface area contributed by atoms with Gasteiger partial charge >= 0.3 is 0 Å². The number of hydrogen-bond donors (Lipinski definition) is 0. The zero-order chi connectivity index (χ0) is 16.6. The highest BCUT2D eigenvalue weighted by atomic mass is 32.2. The molecule has 0 radical (unpaired) electrons. The Morgan fingerprint density at radius 2 is 2.17 bits per heavy atom. The molecule has 126 valence electrons. The Bertz CT molecular complexity index is 777. The normalized spacial score (nSPS) is 19.5. The standard InChI is InChI=1S/C13H20N6O3S/c1-10-14-13(8-17(10)2)23(20,21)18-5-4-12(7-18)19-6-11(9-22-3)15-16-19/h6,8,12H,4-5,7,9H2,1-3H3. The van der Waals surface area contributed by atoms with Crippen molar-refractivity contribution in [2.45, 2.75) is 31.0 Å². The van der Waals surface area contributed by atoms with E-state index in [1.807, 2.05) is 0 Å². The average molecular weight is 340 g/mol. The predicted molar refractivity (Wildman–Crippen MR) is 81.1 cm³/mol. The SMILES string of the molecule is COCc1cn(C2CCN(S(=O)(=O)c3cn(C)c(C)n3)C2)nn1. The molecule has 2 aromatic heterocycles. The van der Waals surface area contributed by atoms with Crippen LogP contribution in [0.15, 0.2) is 17.4 Å². The van der Waals surface area contributed by atoms with Gasteiger partial charge in [-0.15, -0.1) is 5.10 Å². The Morgan fingerprint density at radius 3 is 2.83 bits per heavy atom. The maximum atomic E-state index is 12.7. The molecule has 3 heterocycles. The molecule has 0 amide bonds. The van der Waals surface area contributed by atoms with Gasteiger partial charge in [-0.05, 0) is 13.3 Å². The van der Waals surface area contributed by atoms with E-state index in [1.165, 1.54) is 4.31 Å². The second kappa shape index (κ2) is 6.02. The average Bonchev–Trinajstić information content (AvgIpc) is 3.20. The first kappa shape index (κ1) is 16.1. The third-order valence-corrected chi connectivity index (χ3v) is 5.78. The number of sulfonamides is 1. The molecule has 9 nitrogen and oxygen atoms in total. The summed E-state index contributed by atoms with van der Waals surface area (Å²) in [5, 5.41) is 8.18. The summed E-state index contributed by atoms with van der Waals surface area (Å²) in [7, 11) is -0.196. The number of hydrogen-bond acceptors (Lipinski definition) is 6. The number of imidazole rings is 1. The number of aromatic nitrogens is 5. The van der Waals surface area contributed by atoms with Crippen molar-refractivity contribution >= 4 is 10.0 Å². The molecule has 1 fully saturated rings. The third kappa shape index (κ3) is 3.01. The van der Waals surface area contributed by atoms with Crippen LogP contribution in [-0.4, -0.2) is 57.5 Å². The number of aryl methyl sites for hydroxylation is 2. The van der Waals surface area contributed by atoms with Crippen molar-refractivity contribution in [1.29, 1.82) is 0 Å². The quantitative estimate of drug-likeness (QED) is 0.766. The number of nitrogens with zero attached hydrogens (tertiary/aromatic N) is 6. The lowest BCUT2D eigenvalue weighted by atomic mass is 10.3. The molecule has 0 aliphatic carbocycles. The Kier molecular flexibility index (Phi) is 4.21. The molecule has 0 aromatic carbocycles. The van der Waals surface area contributed by atoms with Gasteiger partial charge in [0.25, 0.3) is 10.0 Å². The second-order valence-corrected chi connectivity index (χ2v) is 7.55. The van der Waals surface area contributed by atoms with Crippen LogP contribution in [0.5, 0.6) is 0 Å². The van der Waals surface area contributed by atoms with E-state index in [2.05, 4.69) is 15.3 Å². The van der Waals surface area contributed by atoms with Gasteiger partial charge in [-0.3, -0.25) is 0 Å². The summed E-state index contributed by atoms with van der Waals surface area (Å²) in [6.07, 6.45) is 4.04. The van der Waals surface area contributed by atoms with Crippen LogP contribution in [0.4, 0.5) is 0 Å². The minimum atomic E-state index is -3.57. The molecule has 1 aliphatic heterocycles. The minimum absolute atomic E-state index is 0.0207. The van der Waals surface area contributed by atoms with Crippen LogP contribution < -0.4 is 0 Å². The Hall–Kier alpha value is -1.78. The fourth-order valence-electron chi connectivity index (χ4n) is 2.63. The van der Waals surface area contributed by atoms with E-state index in [1.54, 1.807) is 42.7 Å². The first-order valence-electron chi connectivity index (χ1n) is 7.31. The highest BCUT2D eigenvalue weighted by molar-refractivity contribution is 7.89. The van der Waals surface area contributed by atoms with Crippen molar-refractivity contribution in [3.05, 3.63) is 23.9 Å². The highest BCUT2D eigenvalue weighted by Gasteiger charge is 2.35. The van der Waals surface area contributed by atoms with Crippen LogP contribution in [0.3, 0.4) is 0 Å². The van der Waals surface area contributed by atoms with Crippen molar-refractivity contribution in [1.82, 2.24) is 28.9 Å². The molecular weight excluding hydrogens is 320 g/mol. The van der Waals surface area contributed by atoms with E-state index in [4.69, 9.17) is 4.74 Å². The van der Waals surface area contributed by atoms with Gasteiger partial charge < -0.3 is 9.30 Å². The summed E-state index contributed by atoms with van der Waals surface area (Å²) < 4.78 is 35.2. The Morgan fingerprint density at radius 1 is 1.39 bits per heavy atom. The fraction of sp³-hybridized carbons (Fsp3) is 0.615. The second-order valence-electron chi connectivity index (χ2n) is 5.67. The van der Waals surface area contributed by atoms with E-state index in [-0.39, 0.29) is 11.1 Å². The Balaban J connectivity index is 1.75. The summed E-state index contributed by atoms with van der Waals surface area (Å²) in [6, 6.07) is -0.0207. The molecule has 1 unspecified atom stereocenters. The lowest BCUT2D eigenvalue weighted by Gasteiger charge is -2.14. The summed E-state index contributed by atoms with van der Waals surface area (Å²) in [6.45, 7) is 2.98. The van der Waals surface area contributed by atoms with Gasteiger partial charge in [-0.25, -0.2) is 18.1 Å². The molecule has 2 aromatic rings. The molecule has 0 N–H and O–H groups in total. The summed E-state index contributed by atoms with van der Waals surface area (Å²) in [4.78, 5) is 4.13. The minimum Gasteiger partial charge on any atom is -0.378 e. The van der Waals surface area contributed by atoms with Crippen molar-refractivity contribution in [3.63, 3.8) is 0 Å². The molecule has 0 spiro atoms. The lowest BCUT2D eigenvalue weighted by Crippen LogP contribution is -2.29. The van der Waals surface area contributed by atoms with Crippen LogP contribution in [0.1, 0.15) is 24.0 Å². The molecule has 23 heavy (non-hydrogen) atoms. The number of methoxy groups -OCH3 is 1. The molecule has 1 aliphatic rings. The van der Waals surface area contributed by atoms with Gasteiger partial charge in [0.2, 0.25) is 0 Å². The topological polar surface area (TPSA) is 95.1 Å². The lowest BCUT2D eigenvalue weighted by molar-refractivity contribution is 0.181. The molecule has 3 rings (SSSR count). The van der Waals surface area contributed by atoms with Gasteiger partial charge in [-0.2, -0.15) is 4.31 Å². The van der Waals surface area contributed by atoms with E-state index in [0.717, 1.165) is 5.69 Å². The molecule has 1 atom stereocenters. The van der Waals surface area contributed by atoms with Crippen LogP contribution in [0, 0.1) is 6.92 Å².